The van der Waals surface area contributed by atoms with Crippen molar-refractivity contribution in [2.75, 3.05) is 12.4 Å². The Morgan fingerprint density at radius 3 is 2.79 bits per heavy atom. The Morgan fingerprint density at radius 1 is 1.43 bits per heavy atom. The van der Waals surface area contributed by atoms with Gasteiger partial charge in [-0.25, -0.2) is 0 Å². The molecule has 1 aromatic rings. The first-order valence-electron chi connectivity index (χ1n) is 4.59. The highest BCUT2D eigenvalue weighted by atomic mass is 35.5. The van der Waals surface area contributed by atoms with Crippen LogP contribution in [0.25, 0.3) is 0 Å². The van der Waals surface area contributed by atoms with E-state index in [2.05, 4.69) is 10.5 Å². The van der Waals surface area contributed by atoms with Gasteiger partial charge in [0.2, 0.25) is 0 Å². The minimum Gasteiger partial charge on any atom is -0.361 e. The zero-order valence-corrected chi connectivity index (χ0v) is 9.27. The molecule has 1 N–H and O–H groups in total. The number of hydrogen-bond donors (Lipinski definition) is 1. The van der Waals surface area contributed by atoms with E-state index in [1.807, 2.05) is 26.0 Å². The zero-order chi connectivity index (χ0) is 10.4. The molecule has 14 heavy (non-hydrogen) atoms. The van der Waals surface area contributed by atoms with Crippen LogP contribution in [-0.4, -0.2) is 17.6 Å². The van der Waals surface area contributed by atoms with Crippen LogP contribution in [0.3, 0.4) is 0 Å². The topological polar surface area (TPSA) is 38.1 Å². The lowest BCUT2D eigenvalue weighted by atomic mass is 10.2. The van der Waals surface area contributed by atoms with Gasteiger partial charge in [-0.1, -0.05) is 17.3 Å². The highest BCUT2D eigenvalue weighted by molar-refractivity contribution is 6.18. The lowest BCUT2D eigenvalue weighted by Gasteiger charge is -1.99. The van der Waals surface area contributed by atoms with E-state index >= 15 is 0 Å². The van der Waals surface area contributed by atoms with E-state index in [4.69, 9.17) is 16.1 Å². The number of allylic oxidation sites excluding steroid dienone is 1. The van der Waals surface area contributed by atoms with Crippen LogP contribution >= 0.6 is 11.6 Å². The summed E-state index contributed by atoms with van der Waals surface area (Å²) in [5.41, 5.74) is 2.10. The minimum absolute atomic E-state index is 0.563. The summed E-state index contributed by atoms with van der Waals surface area (Å²) in [6.07, 6.45) is 3.92. The quantitative estimate of drug-likeness (QED) is 0.464. The molecule has 1 heterocycles. The standard InChI is InChI=1S/C10H15ClN2O/c1-8-10(9(2)14-13-8)7-12-6-4-3-5-11/h3-4,12H,5-7H2,1-2H3/b4-3+. The van der Waals surface area contributed by atoms with Crippen LogP contribution in [0.4, 0.5) is 0 Å². The maximum absolute atomic E-state index is 5.49. The second-order valence-electron chi connectivity index (χ2n) is 3.06. The van der Waals surface area contributed by atoms with E-state index < -0.39 is 0 Å². The molecule has 0 aliphatic carbocycles. The summed E-state index contributed by atoms with van der Waals surface area (Å²) in [7, 11) is 0. The van der Waals surface area contributed by atoms with E-state index in [0.29, 0.717) is 5.88 Å². The van der Waals surface area contributed by atoms with E-state index in [-0.39, 0.29) is 0 Å². The third kappa shape index (κ3) is 3.16. The van der Waals surface area contributed by atoms with Gasteiger partial charge >= 0.3 is 0 Å². The van der Waals surface area contributed by atoms with Gasteiger partial charge in [0.15, 0.2) is 0 Å². The molecule has 1 rings (SSSR count). The Balaban J connectivity index is 2.34. The van der Waals surface area contributed by atoms with Crippen molar-refractivity contribution >= 4 is 11.6 Å². The molecule has 1 aromatic heterocycles. The maximum Gasteiger partial charge on any atom is 0.138 e. The first kappa shape index (κ1) is 11.3. The van der Waals surface area contributed by atoms with Gasteiger partial charge in [-0.05, 0) is 13.8 Å². The first-order valence-corrected chi connectivity index (χ1v) is 5.12. The van der Waals surface area contributed by atoms with Crippen molar-refractivity contribution in [2.24, 2.45) is 0 Å². The summed E-state index contributed by atoms with van der Waals surface area (Å²) in [4.78, 5) is 0. The van der Waals surface area contributed by atoms with Gasteiger partial charge in [-0.3, -0.25) is 0 Å². The summed E-state index contributed by atoms with van der Waals surface area (Å²) in [5.74, 6) is 1.45. The largest absolute Gasteiger partial charge is 0.361 e. The van der Waals surface area contributed by atoms with E-state index in [1.165, 1.54) is 0 Å². The van der Waals surface area contributed by atoms with Crippen molar-refractivity contribution < 1.29 is 4.52 Å². The lowest BCUT2D eigenvalue weighted by molar-refractivity contribution is 0.392. The summed E-state index contributed by atoms with van der Waals surface area (Å²) in [6, 6.07) is 0. The molecule has 0 spiro atoms. The van der Waals surface area contributed by atoms with Crippen molar-refractivity contribution in [3.05, 3.63) is 29.2 Å². The molecule has 0 radical (unpaired) electrons. The molecule has 4 heteroatoms. The zero-order valence-electron chi connectivity index (χ0n) is 8.51. The third-order valence-electron chi connectivity index (χ3n) is 2.00. The third-order valence-corrected chi connectivity index (χ3v) is 2.18. The highest BCUT2D eigenvalue weighted by Crippen LogP contribution is 2.10. The number of halogens is 1. The minimum atomic E-state index is 0.563. The molecule has 0 atom stereocenters. The fourth-order valence-electron chi connectivity index (χ4n) is 1.18. The Morgan fingerprint density at radius 2 is 2.21 bits per heavy atom. The molecule has 0 saturated carbocycles. The van der Waals surface area contributed by atoms with Gasteiger partial charge in [0.05, 0.1) is 5.69 Å². The fraction of sp³-hybridized carbons (Fsp3) is 0.500. The molecule has 0 aliphatic rings. The Bertz CT molecular complexity index is 288. The molecule has 0 aromatic carbocycles. The molecule has 0 aliphatic heterocycles. The van der Waals surface area contributed by atoms with Crippen LogP contribution in [0, 0.1) is 13.8 Å². The Hall–Kier alpha value is -0.800. The monoisotopic (exact) mass is 214 g/mol. The van der Waals surface area contributed by atoms with Crippen LogP contribution in [0.1, 0.15) is 17.0 Å². The second kappa shape index (κ2) is 5.83. The van der Waals surface area contributed by atoms with E-state index in [9.17, 15) is 0 Å². The Labute approximate surface area is 89.1 Å². The van der Waals surface area contributed by atoms with Gasteiger partial charge in [-0.15, -0.1) is 11.6 Å². The van der Waals surface area contributed by atoms with Crippen LogP contribution in [0.15, 0.2) is 16.7 Å². The summed E-state index contributed by atoms with van der Waals surface area (Å²) < 4.78 is 5.04. The number of alkyl halides is 1. The second-order valence-corrected chi connectivity index (χ2v) is 3.37. The molecule has 3 nitrogen and oxygen atoms in total. The Kier molecular flexibility index (Phi) is 4.70. The van der Waals surface area contributed by atoms with Gasteiger partial charge in [0, 0.05) is 24.5 Å². The highest BCUT2D eigenvalue weighted by Gasteiger charge is 2.06. The maximum atomic E-state index is 5.49. The smallest absolute Gasteiger partial charge is 0.138 e. The SMILES string of the molecule is Cc1noc(C)c1CNC/C=C/CCl. The number of aryl methyl sites for hydroxylation is 2. The molecule has 0 unspecified atom stereocenters. The van der Waals surface area contributed by atoms with Crippen LogP contribution in [0.5, 0.6) is 0 Å². The molecule has 0 bridgehead atoms. The van der Waals surface area contributed by atoms with Crippen LogP contribution in [0.2, 0.25) is 0 Å². The first-order chi connectivity index (χ1) is 6.75. The average molecular weight is 215 g/mol. The summed E-state index contributed by atoms with van der Waals surface area (Å²) in [6.45, 7) is 5.47. The molecule has 0 amide bonds. The molecule has 0 saturated heterocycles. The van der Waals surface area contributed by atoms with Crippen molar-refractivity contribution in [3.63, 3.8) is 0 Å². The predicted molar refractivity (Wildman–Crippen MR) is 57.5 cm³/mol. The molecule has 78 valence electrons. The van der Waals surface area contributed by atoms with Crippen molar-refractivity contribution in [1.82, 2.24) is 10.5 Å². The molecular formula is C10H15ClN2O. The van der Waals surface area contributed by atoms with Crippen molar-refractivity contribution in [3.8, 4) is 0 Å². The van der Waals surface area contributed by atoms with E-state index in [0.717, 1.165) is 30.1 Å². The van der Waals surface area contributed by atoms with E-state index in [1.54, 1.807) is 0 Å². The van der Waals surface area contributed by atoms with Crippen molar-refractivity contribution in [1.29, 1.82) is 0 Å². The molecular weight excluding hydrogens is 200 g/mol. The van der Waals surface area contributed by atoms with Gasteiger partial charge in [0.1, 0.15) is 5.76 Å². The van der Waals surface area contributed by atoms with Gasteiger partial charge in [-0.2, -0.15) is 0 Å². The van der Waals surface area contributed by atoms with Gasteiger partial charge in [0.25, 0.3) is 0 Å². The number of aromatic nitrogens is 1. The van der Waals surface area contributed by atoms with Crippen LogP contribution < -0.4 is 5.32 Å². The number of nitrogens with one attached hydrogen (secondary N) is 1. The fourth-order valence-corrected chi connectivity index (χ4v) is 1.31. The number of nitrogens with zero attached hydrogens (tertiary/aromatic N) is 1. The summed E-state index contributed by atoms with van der Waals surface area (Å²) in [5, 5.41) is 7.14. The van der Waals surface area contributed by atoms with Crippen molar-refractivity contribution in [2.45, 2.75) is 20.4 Å². The number of rotatable bonds is 5. The van der Waals surface area contributed by atoms with Crippen LogP contribution in [-0.2, 0) is 6.54 Å². The van der Waals surface area contributed by atoms with Gasteiger partial charge < -0.3 is 9.84 Å². The number of hydrogen-bond acceptors (Lipinski definition) is 3. The average Bonchev–Trinajstić information content (AvgIpc) is 2.48. The normalized spacial score (nSPS) is 11.4. The molecule has 0 fully saturated rings. The predicted octanol–water partition coefficient (Wildman–Crippen LogP) is 2.18. The summed E-state index contributed by atoms with van der Waals surface area (Å²) >= 11 is 5.49. The lowest BCUT2D eigenvalue weighted by Crippen LogP contribution is -2.13.